The van der Waals surface area contributed by atoms with Crippen molar-refractivity contribution in [3.63, 3.8) is 0 Å². The van der Waals surface area contributed by atoms with Gasteiger partial charge in [-0.25, -0.2) is 0 Å². The van der Waals surface area contributed by atoms with E-state index in [1.54, 1.807) is 6.26 Å². The SMILES string of the molecule is c1ccc(C(NC2COC2)c2ccco2)cc1. The Labute approximate surface area is 100 Å². The average molecular weight is 229 g/mol. The number of furan rings is 1. The van der Waals surface area contributed by atoms with Gasteiger partial charge in [0.2, 0.25) is 0 Å². The summed E-state index contributed by atoms with van der Waals surface area (Å²) in [5.41, 5.74) is 1.22. The van der Waals surface area contributed by atoms with Gasteiger partial charge < -0.3 is 9.15 Å². The molecule has 17 heavy (non-hydrogen) atoms. The lowest BCUT2D eigenvalue weighted by Crippen LogP contribution is -2.47. The summed E-state index contributed by atoms with van der Waals surface area (Å²) >= 11 is 0. The lowest BCUT2D eigenvalue weighted by atomic mass is 10.0. The standard InChI is InChI=1S/C14H15NO2/c1-2-5-11(6-3-1)14(13-7-4-8-17-13)15-12-9-16-10-12/h1-8,12,14-15H,9-10H2. The molecule has 1 aliphatic rings. The molecule has 2 heterocycles. The molecule has 0 saturated carbocycles. The normalized spacial score (nSPS) is 17.6. The third-order valence-corrected chi connectivity index (χ3v) is 3.00. The Balaban J connectivity index is 1.85. The molecule has 1 aliphatic heterocycles. The fourth-order valence-corrected chi connectivity index (χ4v) is 2.01. The van der Waals surface area contributed by atoms with E-state index in [0.29, 0.717) is 6.04 Å². The van der Waals surface area contributed by atoms with Crippen molar-refractivity contribution in [2.24, 2.45) is 0 Å². The van der Waals surface area contributed by atoms with Crippen LogP contribution in [0.5, 0.6) is 0 Å². The first-order chi connectivity index (χ1) is 8.43. The first-order valence-electron chi connectivity index (χ1n) is 5.85. The summed E-state index contributed by atoms with van der Waals surface area (Å²) in [6.07, 6.45) is 1.71. The van der Waals surface area contributed by atoms with E-state index >= 15 is 0 Å². The van der Waals surface area contributed by atoms with Crippen molar-refractivity contribution in [3.05, 3.63) is 60.1 Å². The summed E-state index contributed by atoms with van der Waals surface area (Å²) in [4.78, 5) is 0. The lowest BCUT2D eigenvalue weighted by molar-refractivity contribution is -0.00911. The van der Waals surface area contributed by atoms with Gasteiger partial charge in [-0.1, -0.05) is 30.3 Å². The zero-order valence-corrected chi connectivity index (χ0v) is 9.50. The van der Waals surface area contributed by atoms with E-state index in [0.717, 1.165) is 19.0 Å². The molecule has 88 valence electrons. The van der Waals surface area contributed by atoms with Crippen molar-refractivity contribution in [2.45, 2.75) is 12.1 Å². The van der Waals surface area contributed by atoms with Gasteiger partial charge in [-0.2, -0.15) is 0 Å². The number of rotatable bonds is 4. The molecule has 0 radical (unpaired) electrons. The largest absolute Gasteiger partial charge is 0.467 e. The summed E-state index contributed by atoms with van der Waals surface area (Å²) in [5, 5.41) is 3.55. The van der Waals surface area contributed by atoms with Crippen LogP contribution in [0.15, 0.2) is 53.1 Å². The summed E-state index contributed by atoms with van der Waals surface area (Å²) in [6.45, 7) is 1.56. The van der Waals surface area contributed by atoms with Crippen LogP contribution in [0.25, 0.3) is 0 Å². The van der Waals surface area contributed by atoms with Crippen molar-refractivity contribution in [3.8, 4) is 0 Å². The topological polar surface area (TPSA) is 34.4 Å². The van der Waals surface area contributed by atoms with E-state index in [2.05, 4.69) is 17.4 Å². The summed E-state index contributed by atoms with van der Waals surface area (Å²) in [7, 11) is 0. The molecule has 2 aromatic rings. The lowest BCUT2D eigenvalue weighted by Gasteiger charge is -2.31. The molecule has 1 N–H and O–H groups in total. The predicted octanol–water partition coefficient (Wildman–Crippen LogP) is 2.36. The van der Waals surface area contributed by atoms with Crippen LogP contribution in [-0.4, -0.2) is 19.3 Å². The fourth-order valence-electron chi connectivity index (χ4n) is 2.01. The average Bonchev–Trinajstić information content (AvgIpc) is 2.82. The monoisotopic (exact) mass is 229 g/mol. The molecule has 0 amide bonds. The number of hydrogen-bond acceptors (Lipinski definition) is 3. The minimum Gasteiger partial charge on any atom is -0.467 e. The molecule has 3 nitrogen and oxygen atoms in total. The van der Waals surface area contributed by atoms with Gasteiger partial charge in [0.25, 0.3) is 0 Å². The van der Waals surface area contributed by atoms with Crippen LogP contribution in [0.3, 0.4) is 0 Å². The molecule has 1 atom stereocenters. The molecule has 1 unspecified atom stereocenters. The summed E-state index contributed by atoms with van der Waals surface area (Å²) < 4.78 is 10.7. The zero-order valence-electron chi connectivity index (χ0n) is 9.50. The molecular formula is C14H15NO2. The third-order valence-electron chi connectivity index (χ3n) is 3.00. The van der Waals surface area contributed by atoms with Crippen LogP contribution in [0, 0.1) is 0 Å². The van der Waals surface area contributed by atoms with E-state index in [9.17, 15) is 0 Å². The van der Waals surface area contributed by atoms with Crippen molar-refractivity contribution in [1.29, 1.82) is 0 Å². The maximum absolute atomic E-state index is 5.52. The Bertz CT molecular complexity index is 448. The Kier molecular flexibility index (Phi) is 2.94. The van der Waals surface area contributed by atoms with Gasteiger partial charge in [-0.3, -0.25) is 5.32 Å². The first kappa shape index (κ1) is 10.6. The Morgan fingerprint density at radius 2 is 1.88 bits per heavy atom. The predicted molar refractivity (Wildman–Crippen MR) is 64.7 cm³/mol. The molecule has 3 heteroatoms. The van der Waals surface area contributed by atoms with Gasteiger partial charge >= 0.3 is 0 Å². The zero-order chi connectivity index (χ0) is 11.5. The fraction of sp³-hybridized carbons (Fsp3) is 0.286. The molecular weight excluding hydrogens is 214 g/mol. The quantitative estimate of drug-likeness (QED) is 0.874. The molecule has 1 aromatic carbocycles. The van der Waals surface area contributed by atoms with E-state index < -0.39 is 0 Å². The van der Waals surface area contributed by atoms with Gasteiger partial charge in [0, 0.05) is 0 Å². The third kappa shape index (κ3) is 2.25. The van der Waals surface area contributed by atoms with Gasteiger partial charge in [0.05, 0.1) is 31.6 Å². The highest BCUT2D eigenvalue weighted by molar-refractivity contribution is 5.26. The summed E-state index contributed by atoms with van der Waals surface area (Å²) in [5.74, 6) is 0.947. The van der Waals surface area contributed by atoms with Crippen LogP contribution in [0.1, 0.15) is 17.4 Å². The van der Waals surface area contributed by atoms with E-state index in [4.69, 9.17) is 9.15 Å². The molecule has 1 fully saturated rings. The van der Waals surface area contributed by atoms with Crippen molar-refractivity contribution in [2.75, 3.05) is 13.2 Å². The van der Waals surface area contributed by atoms with Crippen molar-refractivity contribution >= 4 is 0 Å². The Morgan fingerprint density at radius 3 is 2.47 bits per heavy atom. The number of hydrogen-bond donors (Lipinski definition) is 1. The Hall–Kier alpha value is -1.58. The molecule has 3 rings (SSSR count). The van der Waals surface area contributed by atoms with Gasteiger partial charge in [0.1, 0.15) is 5.76 Å². The summed E-state index contributed by atoms with van der Waals surface area (Å²) in [6, 6.07) is 14.8. The highest BCUT2D eigenvalue weighted by atomic mass is 16.5. The molecule has 1 saturated heterocycles. The van der Waals surface area contributed by atoms with Crippen LogP contribution in [0.4, 0.5) is 0 Å². The number of benzene rings is 1. The first-order valence-corrected chi connectivity index (χ1v) is 5.85. The second kappa shape index (κ2) is 4.73. The van der Waals surface area contributed by atoms with Crippen LogP contribution in [0.2, 0.25) is 0 Å². The second-order valence-electron chi connectivity index (χ2n) is 4.26. The van der Waals surface area contributed by atoms with Crippen molar-refractivity contribution in [1.82, 2.24) is 5.32 Å². The maximum atomic E-state index is 5.52. The van der Waals surface area contributed by atoms with Gasteiger partial charge in [0.15, 0.2) is 0 Å². The molecule has 1 aromatic heterocycles. The second-order valence-corrected chi connectivity index (χ2v) is 4.26. The van der Waals surface area contributed by atoms with Gasteiger partial charge in [-0.15, -0.1) is 0 Å². The highest BCUT2D eigenvalue weighted by Crippen LogP contribution is 2.23. The van der Waals surface area contributed by atoms with Crippen LogP contribution in [-0.2, 0) is 4.74 Å². The minimum absolute atomic E-state index is 0.111. The number of ether oxygens (including phenoxy) is 1. The van der Waals surface area contributed by atoms with E-state index in [-0.39, 0.29) is 6.04 Å². The molecule has 0 aliphatic carbocycles. The smallest absolute Gasteiger partial charge is 0.125 e. The van der Waals surface area contributed by atoms with Crippen LogP contribution >= 0.6 is 0 Å². The van der Waals surface area contributed by atoms with Crippen molar-refractivity contribution < 1.29 is 9.15 Å². The van der Waals surface area contributed by atoms with E-state index in [1.807, 2.05) is 30.3 Å². The van der Waals surface area contributed by atoms with E-state index in [1.165, 1.54) is 5.56 Å². The number of nitrogens with one attached hydrogen (secondary N) is 1. The maximum Gasteiger partial charge on any atom is 0.125 e. The highest BCUT2D eigenvalue weighted by Gasteiger charge is 2.25. The minimum atomic E-state index is 0.111. The molecule has 0 spiro atoms. The van der Waals surface area contributed by atoms with Crippen LogP contribution < -0.4 is 5.32 Å². The molecule has 0 bridgehead atoms. The van der Waals surface area contributed by atoms with Gasteiger partial charge in [-0.05, 0) is 17.7 Å². The Morgan fingerprint density at radius 1 is 1.06 bits per heavy atom.